The van der Waals surface area contributed by atoms with Gasteiger partial charge in [-0.25, -0.2) is 13.9 Å². The topological polar surface area (TPSA) is 148 Å². The molecule has 0 radical (unpaired) electrons. The highest BCUT2D eigenvalue weighted by molar-refractivity contribution is 7.44. The van der Waals surface area contributed by atoms with Crippen molar-refractivity contribution in [3.63, 3.8) is 0 Å². The van der Waals surface area contributed by atoms with E-state index in [1.807, 2.05) is 6.07 Å². The standard InChI is InChI=1S/C21H18FN4O6P/c22-15-4-6-17(7-5-15)31-20-8-3-14(12-24-20)10-16-11-19(32-25-16)18-2-1-9-26(21(18)23)13-30-33(27,28)29/h1-9,11-12,23H,10,13H2,(H2,27,28,29). The molecule has 10 nitrogen and oxygen atoms in total. The van der Waals surface area contributed by atoms with Crippen molar-refractivity contribution < 1.29 is 37.1 Å². The molecule has 33 heavy (non-hydrogen) atoms. The Morgan fingerprint density at radius 3 is 2.70 bits per heavy atom. The van der Waals surface area contributed by atoms with E-state index >= 15 is 0 Å². The number of benzene rings is 1. The van der Waals surface area contributed by atoms with Gasteiger partial charge in [0.05, 0.1) is 11.9 Å². The Kier molecular flexibility index (Phi) is 6.47. The summed E-state index contributed by atoms with van der Waals surface area (Å²) in [5.41, 5.74) is 8.01. The van der Waals surface area contributed by atoms with E-state index in [0.29, 0.717) is 35.1 Å². The first-order valence-corrected chi connectivity index (χ1v) is 11.1. The molecule has 0 aliphatic rings. The van der Waals surface area contributed by atoms with Gasteiger partial charge >= 0.3 is 0 Å². The van der Waals surface area contributed by atoms with Crippen LogP contribution in [0.25, 0.3) is 11.3 Å². The molecule has 12 heteroatoms. The minimum Gasteiger partial charge on any atom is -0.756 e. The summed E-state index contributed by atoms with van der Waals surface area (Å²) < 4.78 is 40.5. The molecular weight excluding hydrogens is 454 g/mol. The van der Waals surface area contributed by atoms with Gasteiger partial charge < -0.3 is 19.0 Å². The number of pyridine rings is 2. The highest BCUT2D eigenvalue weighted by atomic mass is 31.2. The molecule has 0 aliphatic carbocycles. The van der Waals surface area contributed by atoms with Crippen LogP contribution in [0.15, 0.2) is 71.5 Å². The summed E-state index contributed by atoms with van der Waals surface area (Å²) in [6.07, 6.45) is 3.55. The Hall–Kier alpha value is -3.63. The van der Waals surface area contributed by atoms with Crippen LogP contribution in [0.2, 0.25) is 0 Å². The fourth-order valence-corrected chi connectivity index (χ4v) is 3.22. The number of halogens is 1. The summed E-state index contributed by atoms with van der Waals surface area (Å²) in [5, 5.41) is 4.04. The number of phosphoric acid groups is 1. The van der Waals surface area contributed by atoms with Gasteiger partial charge in [-0.1, -0.05) is 11.2 Å². The van der Waals surface area contributed by atoms with Gasteiger partial charge in [0.2, 0.25) is 5.88 Å². The second kappa shape index (κ2) is 9.47. The van der Waals surface area contributed by atoms with E-state index in [1.54, 1.807) is 30.5 Å². The molecule has 170 valence electrons. The van der Waals surface area contributed by atoms with Crippen LogP contribution in [-0.4, -0.2) is 15.0 Å². The first-order valence-electron chi connectivity index (χ1n) is 9.57. The Balaban J connectivity index is 1.44. The third kappa shape index (κ3) is 5.99. The molecule has 1 aromatic carbocycles. The summed E-state index contributed by atoms with van der Waals surface area (Å²) in [7, 11) is -4.89. The lowest BCUT2D eigenvalue weighted by molar-refractivity contribution is -0.712. The van der Waals surface area contributed by atoms with Gasteiger partial charge in [0.1, 0.15) is 17.1 Å². The zero-order valence-corrected chi connectivity index (χ0v) is 17.9. The van der Waals surface area contributed by atoms with Crippen molar-refractivity contribution in [2.24, 2.45) is 0 Å². The molecule has 0 saturated heterocycles. The van der Waals surface area contributed by atoms with Gasteiger partial charge in [0, 0.05) is 24.8 Å². The van der Waals surface area contributed by atoms with Gasteiger partial charge in [0.15, 0.2) is 12.5 Å². The fraction of sp³-hybridized carbons (Fsp3) is 0.0952. The minimum atomic E-state index is -4.89. The highest BCUT2D eigenvalue weighted by Gasteiger charge is 2.18. The normalized spacial score (nSPS) is 12.9. The number of nitrogens with two attached hydrogens (primary N) is 1. The number of nitrogen functional groups attached to an aromatic ring is 1. The maximum Gasteiger partial charge on any atom is 0.285 e. The molecule has 1 unspecified atom stereocenters. The zero-order chi connectivity index (χ0) is 23.4. The average molecular weight is 472 g/mol. The van der Waals surface area contributed by atoms with Crippen molar-refractivity contribution in [1.82, 2.24) is 10.1 Å². The Labute approximate surface area is 187 Å². The van der Waals surface area contributed by atoms with E-state index in [0.717, 1.165) is 5.56 Å². The van der Waals surface area contributed by atoms with E-state index in [1.165, 1.54) is 35.0 Å². The first-order chi connectivity index (χ1) is 15.8. The molecule has 3 heterocycles. The lowest BCUT2D eigenvalue weighted by Gasteiger charge is -2.14. The highest BCUT2D eigenvalue weighted by Crippen LogP contribution is 2.30. The van der Waals surface area contributed by atoms with E-state index in [2.05, 4.69) is 14.7 Å². The van der Waals surface area contributed by atoms with E-state index in [-0.39, 0.29) is 11.6 Å². The molecule has 0 spiro atoms. The van der Waals surface area contributed by atoms with Crippen molar-refractivity contribution in [2.75, 3.05) is 5.73 Å². The van der Waals surface area contributed by atoms with Crippen LogP contribution >= 0.6 is 7.82 Å². The van der Waals surface area contributed by atoms with Crippen molar-refractivity contribution in [3.8, 4) is 23.0 Å². The third-order valence-electron chi connectivity index (χ3n) is 4.52. The number of phosphoric ester groups is 1. The molecular formula is C21H18FN4O6P. The summed E-state index contributed by atoms with van der Waals surface area (Å²) in [6.45, 7) is -0.490. The smallest absolute Gasteiger partial charge is 0.285 e. The Morgan fingerprint density at radius 1 is 1.21 bits per heavy atom. The van der Waals surface area contributed by atoms with Gasteiger partial charge in [-0.15, -0.1) is 0 Å². The van der Waals surface area contributed by atoms with E-state index < -0.39 is 14.6 Å². The average Bonchev–Trinajstić information content (AvgIpc) is 3.23. The Bertz CT molecular complexity index is 1290. The molecule has 4 rings (SSSR count). The summed E-state index contributed by atoms with van der Waals surface area (Å²) >= 11 is 0. The van der Waals surface area contributed by atoms with Crippen LogP contribution in [0, 0.1) is 5.82 Å². The monoisotopic (exact) mass is 472 g/mol. The second-order valence-electron chi connectivity index (χ2n) is 6.92. The molecule has 0 bridgehead atoms. The van der Waals surface area contributed by atoms with Crippen molar-refractivity contribution in [3.05, 3.63) is 84.1 Å². The molecule has 0 fully saturated rings. The quantitative estimate of drug-likeness (QED) is 0.292. The van der Waals surface area contributed by atoms with Crippen LogP contribution in [0.5, 0.6) is 11.6 Å². The molecule has 4 aromatic rings. The van der Waals surface area contributed by atoms with Crippen molar-refractivity contribution in [1.29, 1.82) is 0 Å². The van der Waals surface area contributed by atoms with Crippen LogP contribution in [0.3, 0.4) is 0 Å². The van der Waals surface area contributed by atoms with Crippen LogP contribution < -0.4 is 19.9 Å². The lowest BCUT2D eigenvalue weighted by atomic mass is 10.1. The van der Waals surface area contributed by atoms with Crippen LogP contribution in [0.1, 0.15) is 11.3 Å². The number of hydrogen-bond acceptors (Lipinski definition) is 8. The summed E-state index contributed by atoms with van der Waals surface area (Å²) in [6, 6.07) is 14.1. The fourth-order valence-electron chi connectivity index (χ4n) is 2.95. The molecule has 3 N–H and O–H groups in total. The summed E-state index contributed by atoms with van der Waals surface area (Å²) in [4.78, 5) is 23.8. The van der Waals surface area contributed by atoms with Crippen molar-refractivity contribution in [2.45, 2.75) is 13.2 Å². The molecule has 1 atom stereocenters. The predicted molar refractivity (Wildman–Crippen MR) is 111 cm³/mol. The summed E-state index contributed by atoms with van der Waals surface area (Å²) in [5.74, 6) is 1.02. The molecule has 0 aliphatic heterocycles. The maximum atomic E-state index is 13.0. The number of nitrogens with zero attached hydrogens (tertiary/aromatic N) is 3. The van der Waals surface area contributed by atoms with Gasteiger partial charge in [-0.3, -0.25) is 14.8 Å². The number of anilines is 1. The molecule has 0 amide bonds. The minimum absolute atomic E-state index is 0.164. The number of ether oxygens (including phenoxy) is 1. The SMILES string of the molecule is Nc1c(-c2cc(Cc3ccc(Oc4ccc(F)cc4)nc3)no2)ccc[n+]1COP(=O)([O-])O. The number of rotatable bonds is 8. The van der Waals surface area contributed by atoms with Gasteiger partial charge in [0.25, 0.3) is 13.6 Å². The number of aromatic nitrogens is 3. The molecule has 0 saturated carbocycles. The maximum absolute atomic E-state index is 13.0. The number of hydrogen-bond donors (Lipinski definition) is 2. The predicted octanol–water partition coefficient (Wildman–Crippen LogP) is 2.56. The zero-order valence-electron chi connectivity index (χ0n) is 17.0. The van der Waals surface area contributed by atoms with Gasteiger partial charge in [-0.2, -0.15) is 0 Å². The third-order valence-corrected chi connectivity index (χ3v) is 4.96. The Morgan fingerprint density at radius 2 is 2.00 bits per heavy atom. The lowest BCUT2D eigenvalue weighted by Crippen LogP contribution is -2.38. The molecule has 3 aromatic heterocycles. The van der Waals surface area contributed by atoms with Crippen molar-refractivity contribution >= 4 is 13.6 Å². The van der Waals surface area contributed by atoms with Crippen LogP contribution in [-0.2, 0) is 22.2 Å². The van der Waals surface area contributed by atoms with Gasteiger partial charge in [-0.05, 0) is 42.0 Å². The van der Waals surface area contributed by atoms with Crippen LogP contribution in [0.4, 0.5) is 10.2 Å². The van der Waals surface area contributed by atoms with E-state index in [4.69, 9.17) is 19.9 Å². The largest absolute Gasteiger partial charge is 0.756 e. The second-order valence-corrected chi connectivity index (χ2v) is 8.12. The van der Waals surface area contributed by atoms with E-state index in [9.17, 15) is 13.8 Å². The first kappa shape index (κ1) is 22.6.